The Morgan fingerprint density at radius 1 is 1.29 bits per heavy atom. The van der Waals surface area contributed by atoms with E-state index in [1.165, 1.54) is 11.8 Å². The van der Waals surface area contributed by atoms with Crippen LogP contribution in [-0.2, 0) is 26.4 Å². The summed E-state index contributed by atoms with van der Waals surface area (Å²) in [6, 6.07) is 9.55. The van der Waals surface area contributed by atoms with Crippen LogP contribution >= 0.6 is 11.8 Å². The number of nitrogens with one attached hydrogen (secondary N) is 2. The number of rotatable bonds is 8. The van der Waals surface area contributed by atoms with Crippen molar-refractivity contribution >= 4 is 34.4 Å². The predicted octanol–water partition coefficient (Wildman–Crippen LogP) is 3.78. The summed E-state index contributed by atoms with van der Waals surface area (Å²) in [6.07, 6.45) is 6.49. The average Bonchev–Trinajstić information content (AvgIpc) is 3.53. The molecule has 1 aliphatic heterocycles. The Labute approximate surface area is 211 Å². The van der Waals surface area contributed by atoms with Crippen LogP contribution < -0.4 is 10.6 Å². The first kappa shape index (κ1) is 26.7. The smallest absolute Gasteiger partial charge is 0.253 e. The fourth-order valence-corrected chi connectivity index (χ4v) is 3.80. The van der Waals surface area contributed by atoms with Crippen LogP contribution in [0.2, 0.25) is 0 Å². The molecule has 2 heterocycles. The second kappa shape index (κ2) is 12.2. The summed E-state index contributed by atoms with van der Waals surface area (Å²) >= 11 is 1.29. The molecule has 0 spiro atoms. The zero-order valence-corrected chi connectivity index (χ0v) is 21.6. The molecule has 35 heavy (non-hydrogen) atoms. The second-order valence-electron chi connectivity index (χ2n) is 9.27. The third-order valence-corrected chi connectivity index (χ3v) is 6.03. The lowest BCUT2D eigenvalue weighted by Gasteiger charge is -2.20. The molecule has 1 aromatic carbocycles. The quantitative estimate of drug-likeness (QED) is 0.427. The van der Waals surface area contributed by atoms with Crippen LogP contribution in [0.3, 0.4) is 0 Å². The highest BCUT2D eigenvalue weighted by Crippen LogP contribution is 2.19. The number of hydrogen-bond donors (Lipinski definition) is 2. The van der Waals surface area contributed by atoms with Crippen molar-refractivity contribution < 1.29 is 19.1 Å². The van der Waals surface area contributed by atoms with Gasteiger partial charge in [-0.2, -0.15) is 0 Å². The molecule has 2 N–H and O–H groups in total. The monoisotopic (exact) mass is 498 g/mol. The lowest BCUT2D eigenvalue weighted by Crippen LogP contribution is -2.38. The number of carbonyl (C=O) groups excluding carboxylic acids is 2. The molecule has 9 heteroatoms. The molecular formula is C26H34N4O4S. The molecular weight excluding hydrogens is 464 g/mol. The van der Waals surface area contributed by atoms with Gasteiger partial charge in [-0.25, -0.2) is 4.99 Å². The van der Waals surface area contributed by atoms with Gasteiger partial charge in [-0.3, -0.25) is 9.59 Å². The SMILES string of the molecule is C=C(N=C(NC(=O)CNC(=O)c1ccn(C(C)(C)C)c1)SC)c1cccc(COC2CCOC2)c1. The second-order valence-corrected chi connectivity index (χ2v) is 10.1. The lowest BCUT2D eigenvalue weighted by molar-refractivity contribution is -0.118. The van der Waals surface area contributed by atoms with Crippen LogP contribution in [0.15, 0.2) is 54.3 Å². The highest BCUT2D eigenvalue weighted by atomic mass is 32.2. The van der Waals surface area contributed by atoms with E-state index in [2.05, 4.69) is 43.0 Å². The maximum absolute atomic E-state index is 12.4. The molecule has 2 aromatic rings. The molecule has 1 aromatic heterocycles. The van der Waals surface area contributed by atoms with Gasteiger partial charge in [0.15, 0.2) is 5.17 Å². The Hall–Kier alpha value is -2.88. The summed E-state index contributed by atoms with van der Waals surface area (Å²) in [4.78, 5) is 29.3. The van der Waals surface area contributed by atoms with E-state index in [0.29, 0.717) is 29.6 Å². The van der Waals surface area contributed by atoms with E-state index in [0.717, 1.165) is 24.2 Å². The number of aliphatic imine (C=N–C) groups is 1. The summed E-state index contributed by atoms with van der Waals surface area (Å²) in [7, 11) is 0. The first-order valence-corrected chi connectivity index (χ1v) is 12.7. The molecule has 8 nitrogen and oxygen atoms in total. The summed E-state index contributed by atoms with van der Waals surface area (Å²) in [5.41, 5.74) is 2.76. The van der Waals surface area contributed by atoms with Crippen LogP contribution in [0.25, 0.3) is 5.70 Å². The molecule has 188 valence electrons. The summed E-state index contributed by atoms with van der Waals surface area (Å²) < 4.78 is 13.2. The van der Waals surface area contributed by atoms with Gasteiger partial charge in [0.1, 0.15) is 0 Å². The molecule has 0 saturated carbocycles. The van der Waals surface area contributed by atoms with Gasteiger partial charge < -0.3 is 24.7 Å². The van der Waals surface area contributed by atoms with E-state index in [9.17, 15) is 9.59 Å². The lowest BCUT2D eigenvalue weighted by atomic mass is 10.1. The van der Waals surface area contributed by atoms with Gasteiger partial charge in [0, 0.05) is 24.5 Å². The maximum Gasteiger partial charge on any atom is 0.253 e. The number of aromatic nitrogens is 1. The molecule has 0 radical (unpaired) electrons. The highest BCUT2D eigenvalue weighted by molar-refractivity contribution is 8.13. The van der Waals surface area contributed by atoms with Crippen molar-refractivity contribution in [1.82, 2.24) is 15.2 Å². The largest absolute Gasteiger partial charge is 0.379 e. The first-order chi connectivity index (χ1) is 16.7. The standard InChI is InChI=1S/C26H34N4O4S/c1-18(20-8-6-7-19(13-20)16-34-22-10-12-33-17-22)28-25(35-5)29-23(31)14-27-24(32)21-9-11-30(15-21)26(2,3)4/h6-9,11,13,15,22H,1,10,12,14,16-17H2,2-5H3,(H,27,32)(H,28,29,31). The first-order valence-electron chi connectivity index (χ1n) is 11.5. The average molecular weight is 499 g/mol. The Balaban J connectivity index is 1.52. The van der Waals surface area contributed by atoms with E-state index in [4.69, 9.17) is 9.47 Å². The summed E-state index contributed by atoms with van der Waals surface area (Å²) in [5.74, 6) is -0.672. The molecule has 1 unspecified atom stereocenters. The predicted molar refractivity (Wildman–Crippen MR) is 140 cm³/mol. The number of benzene rings is 1. The maximum atomic E-state index is 12.4. The fourth-order valence-electron chi connectivity index (χ4n) is 3.38. The minimum atomic E-state index is -0.365. The highest BCUT2D eigenvalue weighted by Gasteiger charge is 2.17. The van der Waals surface area contributed by atoms with Crippen LogP contribution in [0, 0.1) is 0 Å². The van der Waals surface area contributed by atoms with E-state index in [-0.39, 0.29) is 30.0 Å². The van der Waals surface area contributed by atoms with Gasteiger partial charge in [0.05, 0.1) is 37.1 Å². The number of thioether (sulfide) groups is 1. The normalized spacial score (nSPS) is 16.2. The van der Waals surface area contributed by atoms with Crippen LogP contribution in [0.5, 0.6) is 0 Å². The fraction of sp³-hybridized carbons (Fsp3) is 0.423. The van der Waals surface area contributed by atoms with Crippen molar-refractivity contribution in [2.45, 2.75) is 45.4 Å². The Morgan fingerprint density at radius 2 is 2.09 bits per heavy atom. The number of amides is 2. The van der Waals surface area contributed by atoms with Crippen LogP contribution in [-0.4, -0.2) is 53.7 Å². The molecule has 1 saturated heterocycles. The van der Waals surface area contributed by atoms with Crippen molar-refractivity contribution in [3.63, 3.8) is 0 Å². The van der Waals surface area contributed by atoms with Gasteiger partial charge in [-0.1, -0.05) is 36.5 Å². The molecule has 2 amide bonds. The molecule has 0 bridgehead atoms. The van der Waals surface area contributed by atoms with Crippen molar-refractivity contribution in [2.24, 2.45) is 4.99 Å². The molecule has 3 rings (SSSR count). The number of ether oxygens (including phenoxy) is 2. The van der Waals surface area contributed by atoms with E-state index in [1.807, 2.05) is 41.3 Å². The molecule has 1 fully saturated rings. The van der Waals surface area contributed by atoms with Crippen LogP contribution in [0.1, 0.15) is 48.7 Å². The number of carbonyl (C=O) groups is 2. The minimum Gasteiger partial charge on any atom is -0.379 e. The summed E-state index contributed by atoms with van der Waals surface area (Å²) in [6.45, 7) is 11.9. The van der Waals surface area contributed by atoms with Gasteiger partial charge in [0.25, 0.3) is 5.91 Å². The van der Waals surface area contributed by atoms with Gasteiger partial charge in [0.2, 0.25) is 5.91 Å². The van der Waals surface area contributed by atoms with Gasteiger partial charge >= 0.3 is 0 Å². The third-order valence-electron chi connectivity index (χ3n) is 5.45. The van der Waals surface area contributed by atoms with E-state index in [1.54, 1.807) is 12.3 Å². The van der Waals surface area contributed by atoms with Crippen LogP contribution in [0.4, 0.5) is 0 Å². The number of amidine groups is 1. The third kappa shape index (κ3) is 8.09. The Bertz CT molecular complexity index is 1080. The summed E-state index contributed by atoms with van der Waals surface area (Å²) in [5, 5.41) is 5.78. The topological polar surface area (TPSA) is 94.0 Å². The Morgan fingerprint density at radius 3 is 2.74 bits per heavy atom. The zero-order valence-electron chi connectivity index (χ0n) is 20.8. The number of hydrogen-bond acceptors (Lipinski definition) is 6. The van der Waals surface area contributed by atoms with Crippen molar-refractivity contribution in [3.05, 3.63) is 66.0 Å². The van der Waals surface area contributed by atoms with E-state index >= 15 is 0 Å². The van der Waals surface area contributed by atoms with E-state index < -0.39 is 0 Å². The minimum absolute atomic E-state index is 0.126. The Kier molecular flexibility index (Phi) is 9.31. The molecule has 1 atom stereocenters. The van der Waals surface area contributed by atoms with Gasteiger partial charge in [-0.15, -0.1) is 0 Å². The molecule has 0 aliphatic carbocycles. The van der Waals surface area contributed by atoms with Gasteiger partial charge in [-0.05, 0) is 56.7 Å². The van der Waals surface area contributed by atoms with Crippen molar-refractivity contribution in [3.8, 4) is 0 Å². The number of nitrogens with zero attached hydrogens (tertiary/aromatic N) is 2. The molecule has 1 aliphatic rings. The van der Waals surface area contributed by atoms with Crippen molar-refractivity contribution in [1.29, 1.82) is 0 Å². The van der Waals surface area contributed by atoms with Crippen molar-refractivity contribution in [2.75, 3.05) is 26.0 Å². The zero-order chi connectivity index (χ0) is 25.4.